The van der Waals surface area contributed by atoms with Crippen LogP contribution >= 0.6 is 0 Å². The Kier molecular flexibility index (Phi) is 2.14. The molecule has 0 radical (unpaired) electrons. The molecule has 0 spiro atoms. The van der Waals surface area contributed by atoms with E-state index < -0.39 is 0 Å². The summed E-state index contributed by atoms with van der Waals surface area (Å²) in [5.41, 5.74) is 0. The first-order valence-electron chi connectivity index (χ1n) is 3.97. The van der Waals surface area contributed by atoms with Gasteiger partial charge in [-0.05, 0) is 12.1 Å². The van der Waals surface area contributed by atoms with E-state index in [1.807, 2.05) is 12.1 Å². The number of hydrogen-bond donors (Lipinski definition) is 1. The number of ether oxygens (including phenoxy) is 1. The highest BCUT2D eigenvalue weighted by atomic mass is 16.5. The monoisotopic (exact) mass is 178 g/mol. The maximum atomic E-state index is 5.25. The molecule has 1 unspecified atom stereocenters. The van der Waals surface area contributed by atoms with Crippen LogP contribution in [0, 0.1) is 0 Å². The number of aromatic amines is 1. The number of rotatable bonds is 3. The molecule has 0 saturated carbocycles. The second kappa shape index (κ2) is 3.45. The van der Waals surface area contributed by atoms with Gasteiger partial charge in [-0.25, -0.2) is 4.98 Å². The van der Waals surface area contributed by atoms with Crippen molar-refractivity contribution in [3.05, 3.63) is 42.4 Å². The molecule has 0 aliphatic carbocycles. The molecule has 0 fully saturated rings. The Bertz CT molecular complexity index is 305. The zero-order chi connectivity index (χ0) is 9.10. The predicted molar refractivity (Wildman–Crippen MR) is 46.1 cm³/mol. The Morgan fingerprint density at radius 2 is 2.54 bits per heavy atom. The molecule has 4 nitrogen and oxygen atoms in total. The number of nitrogens with one attached hydrogen (secondary N) is 1. The minimum atomic E-state index is -0.245. The van der Waals surface area contributed by atoms with Crippen molar-refractivity contribution in [1.82, 2.24) is 9.97 Å². The number of imidazole rings is 1. The van der Waals surface area contributed by atoms with Crippen LogP contribution in [0.25, 0.3) is 0 Å². The molecule has 0 aliphatic heterocycles. The zero-order valence-corrected chi connectivity index (χ0v) is 7.23. The number of methoxy groups -OCH3 is 1. The first kappa shape index (κ1) is 8.07. The average molecular weight is 178 g/mol. The summed E-state index contributed by atoms with van der Waals surface area (Å²) < 4.78 is 10.5. The molecular formula is C9H10N2O2. The largest absolute Gasteiger partial charge is 0.466 e. The molecule has 0 aromatic carbocycles. The number of H-pyrrole nitrogens is 1. The van der Waals surface area contributed by atoms with Crippen LogP contribution in [-0.2, 0) is 4.74 Å². The smallest absolute Gasteiger partial charge is 0.172 e. The third kappa shape index (κ3) is 1.48. The summed E-state index contributed by atoms with van der Waals surface area (Å²) in [5, 5.41) is 0. The highest BCUT2D eigenvalue weighted by Gasteiger charge is 2.17. The maximum Gasteiger partial charge on any atom is 0.172 e. The number of hydrogen-bond acceptors (Lipinski definition) is 3. The molecule has 2 aromatic heterocycles. The van der Waals surface area contributed by atoms with Crippen LogP contribution in [-0.4, -0.2) is 17.1 Å². The molecule has 0 amide bonds. The maximum absolute atomic E-state index is 5.25. The van der Waals surface area contributed by atoms with E-state index in [2.05, 4.69) is 9.97 Å². The molecule has 1 atom stereocenters. The fourth-order valence-corrected chi connectivity index (χ4v) is 1.22. The van der Waals surface area contributed by atoms with Crippen LogP contribution < -0.4 is 0 Å². The van der Waals surface area contributed by atoms with Gasteiger partial charge < -0.3 is 14.1 Å². The SMILES string of the molecule is COC(c1ncc[nH]1)c1ccco1. The van der Waals surface area contributed by atoms with E-state index in [1.165, 1.54) is 0 Å². The van der Waals surface area contributed by atoms with E-state index in [0.717, 1.165) is 11.6 Å². The fraction of sp³-hybridized carbons (Fsp3) is 0.222. The topological polar surface area (TPSA) is 51.0 Å². The van der Waals surface area contributed by atoms with Gasteiger partial charge in [0.05, 0.1) is 6.26 Å². The van der Waals surface area contributed by atoms with Gasteiger partial charge in [-0.3, -0.25) is 0 Å². The van der Waals surface area contributed by atoms with Crippen molar-refractivity contribution in [1.29, 1.82) is 0 Å². The molecule has 0 aliphatic rings. The molecule has 0 saturated heterocycles. The molecule has 1 N–H and O–H groups in total. The summed E-state index contributed by atoms with van der Waals surface area (Å²) in [6.45, 7) is 0. The van der Waals surface area contributed by atoms with E-state index in [1.54, 1.807) is 25.8 Å². The van der Waals surface area contributed by atoms with Gasteiger partial charge in [-0.15, -0.1) is 0 Å². The Morgan fingerprint density at radius 3 is 3.08 bits per heavy atom. The molecule has 4 heteroatoms. The Hall–Kier alpha value is -1.55. The van der Waals surface area contributed by atoms with Gasteiger partial charge >= 0.3 is 0 Å². The highest BCUT2D eigenvalue weighted by Crippen LogP contribution is 2.22. The van der Waals surface area contributed by atoms with Crippen LogP contribution in [0.2, 0.25) is 0 Å². The summed E-state index contributed by atoms with van der Waals surface area (Å²) in [6, 6.07) is 3.68. The lowest BCUT2D eigenvalue weighted by Gasteiger charge is -2.08. The van der Waals surface area contributed by atoms with Gasteiger partial charge in [-0.2, -0.15) is 0 Å². The molecule has 68 valence electrons. The minimum absolute atomic E-state index is 0.245. The van der Waals surface area contributed by atoms with Crippen molar-refractivity contribution in [3.8, 4) is 0 Å². The molecule has 0 bridgehead atoms. The standard InChI is InChI=1S/C9H10N2O2/c1-12-8(7-3-2-6-13-7)9-10-4-5-11-9/h2-6,8H,1H3,(H,10,11). The van der Waals surface area contributed by atoms with Crippen molar-refractivity contribution < 1.29 is 9.15 Å². The number of nitrogens with zero attached hydrogens (tertiary/aromatic N) is 1. The summed E-state index contributed by atoms with van der Waals surface area (Å²) in [4.78, 5) is 7.08. The molecule has 2 heterocycles. The van der Waals surface area contributed by atoms with Crippen LogP contribution in [0.3, 0.4) is 0 Å². The van der Waals surface area contributed by atoms with Gasteiger partial charge in [0.2, 0.25) is 0 Å². The Balaban J connectivity index is 2.29. The van der Waals surface area contributed by atoms with Crippen LogP contribution in [0.4, 0.5) is 0 Å². The van der Waals surface area contributed by atoms with Gasteiger partial charge in [0.25, 0.3) is 0 Å². The Labute approximate surface area is 75.6 Å². The summed E-state index contributed by atoms with van der Waals surface area (Å²) in [5.74, 6) is 1.50. The fourth-order valence-electron chi connectivity index (χ4n) is 1.22. The van der Waals surface area contributed by atoms with E-state index in [4.69, 9.17) is 9.15 Å². The van der Waals surface area contributed by atoms with Crippen molar-refractivity contribution in [2.45, 2.75) is 6.10 Å². The summed E-state index contributed by atoms with van der Waals surface area (Å²) in [6.07, 6.45) is 4.81. The van der Waals surface area contributed by atoms with Crippen LogP contribution in [0.5, 0.6) is 0 Å². The lowest BCUT2D eigenvalue weighted by atomic mass is 10.2. The minimum Gasteiger partial charge on any atom is -0.466 e. The average Bonchev–Trinajstić information content (AvgIpc) is 2.76. The van der Waals surface area contributed by atoms with E-state index >= 15 is 0 Å². The lowest BCUT2D eigenvalue weighted by Crippen LogP contribution is -2.03. The zero-order valence-electron chi connectivity index (χ0n) is 7.23. The third-order valence-electron chi connectivity index (χ3n) is 1.81. The second-order valence-corrected chi connectivity index (χ2v) is 2.61. The van der Waals surface area contributed by atoms with Gasteiger partial charge in [0, 0.05) is 19.5 Å². The van der Waals surface area contributed by atoms with Gasteiger partial charge in [0.15, 0.2) is 6.10 Å². The van der Waals surface area contributed by atoms with E-state index in [9.17, 15) is 0 Å². The first-order chi connectivity index (χ1) is 6.42. The first-order valence-corrected chi connectivity index (χ1v) is 3.97. The van der Waals surface area contributed by atoms with Gasteiger partial charge in [0.1, 0.15) is 11.6 Å². The van der Waals surface area contributed by atoms with Crippen molar-refractivity contribution in [2.24, 2.45) is 0 Å². The van der Waals surface area contributed by atoms with Crippen molar-refractivity contribution in [2.75, 3.05) is 7.11 Å². The van der Waals surface area contributed by atoms with Crippen molar-refractivity contribution >= 4 is 0 Å². The second-order valence-electron chi connectivity index (χ2n) is 2.61. The predicted octanol–water partition coefficient (Wildman–Crippen LogP) is 1.74. The number of aromatic nitrogens is 2. The third-order valence-corrected chi connectivity index (χ3v) is 1.81. The quantitative estimate of drug-likeness (QED) is 0.778. The van der Waals surface area contributed by atoms with E-state index in [-0.39, 0.29) is 6.10 Å². The van der Waals surface area contributed by atoms with Gasteiger partial charge in [-0.1, -0.05) is 0 Å². The van der Waals surface area contributed by atoms with Crippen molar-refractivity contribution in [3.63, 3.8) is 0 Å². The summed E-state index contributed by atoms with van der Waals surface area (Å²) >= 11 is 0. The van der Waals surface area contributed by atoms with Crippen LogP contribution in [0.1, 0.15) is 17.7 Å². The van der Waals surface area contributed by atoms with E-state index in [0.29, 0.717) is 0 Å². The van der Waals surface area contributed by atoms with Crippen LogP contribution in [0.15, 0.2) is 35.2 Å². The molecule has 2 aromatic rings. The molecule has 13 heavy (non-hydrogen) atoms. The number of furan rings is 1. The molecular weight excluding hydrogens is 168 g/mol. The Morgan fingerprint density at radius 1 is 1.62 bits per heavy atom. The highest BCUT2D eigenvalue weighted by molar-refractivity contribution is 5.11. The normalized spacial score (nSPS) is 13.0. The summed E-state index contributed by atoms with van der Waals surface area (Å²) in [7, 11) is 1.62. The lowest BCUT2D eigenvalue weighted by molar-refractivity contribution is 0.110. The molecule has 2 rings (SSSR count).